The standard InChI is InChI=1S/C28H18Cl2FN3O4S2/c29-18-8-4-7-17(22(18)30)20-21-23(26(37)34(25(21)36)16-11-9-14(31)10-12-16)39-27-24(20)40-28(38)33(27)13-19(35)32-15-5-2-1-3-6-15/h1-12,20-21,23H,13H2,(H,32,35). The number of carbonyl (C=O) groups is 3. The molecule has 1 fully saturated rings. The molecule has 0 bridgehead atoms. The maximum atomic E-state index is 13.9. The quantitative estimate of drug-likeness (QED) is 0.288. The first-order valence-electron chi connectivity index (χ1n) is 12.1. The number of thioether (sulfide) groups is 1. The molecule has 3 atom stereocenters. The highest BCUT2D eigenvalue weighted by Crippen LogP contribution is 2.55. The van der Waals surface area contributed by atoms with E-state index in [0.717, 1.165) is 28.0 Å². The molecule has 0 radical (unpaired) electrons. The van der Waals surface area contributed by atoms with Crippen LogP contribution in [0.4, 0.5) is 15.8 Å². The number of fused-ring (bicyclic) bond motifs is 2. The molecule has 0 spiro atoms. The van der Waals surface area contributed by atoms with E-state index in [2.05, 4.69) is 5.32 Å². The topological polar surface area (TPSA) is 88.5 Å². The van der Waals surface area contributed by atoms with Crippen LogP contribution in [0.15, 0.2) is 82.6 Å². The van der Waals surface area contributed by atoms with E-state index in [1.165, 1.54) is 28.8 Å². The number of hydrogen-bond acceptors (Lipinski definition) is 6. The number of hydrogen-bond donors (Lipinski definition) is 1. The van der Waals surface area contributed by atoms with Gasteiger partial charge in [-0.25, -0.2) is 9.29 Å². The van der Waals surface area contributed by atoms with Crippen LogP contribution in [0.3, 0.4) is 0 Å². The zero-order valence-corrected chi connectivity index (χ0v) is 23.5. The summed E-state index contributed by atoms with van der Waals surface area (Å²) in [5.74, 6) is -3.59. The molecule has 0 aliphatic carbocycles. The van der Waals surface area contributed by atoms with Crippen molar-refractivity contribution in [2.24, 2.45) is 5.92 Å². The zero-order valence-electron chi connectivity index (χ0n) is 20.3. The van der Waals surface area contributed by atoms with Crippen molar-refractivity contribution in [1.29, 1.82) is 0 Å². The molecule has 6 rings (SSSR count). The molecular weight excluding hydrogens is 596 g/mol. The highest BCUT2D eigenvalue weighted by molar-refractivity contribution is 8.00. The summed E-state index contributed by atoms with van der Waals surface area (Å²) < 4.78 is 14.9. The third-order valence-electron chi connectivity index (χ3n) is 6.81. The summed E-state index contributed by atoms with van der Waals surface area (Å²) in [6, 6.07) is 18.9. The first-order chi connectivity index (χ1) is 19.2. The van der Waals surface area contributed by atoms with Crippen LogP contribution in [-0.2, 0) is 20.9 Å². The van der Waals surface area contributed by atoms with Gasteiger partial charge in [0, 0.05) is 16.5 Å². The van der Waals surface area contributed by atoms with Gasteiger partial charge in [0.25, 0.3) is 0 Å². The number of nitrogens with zero attached hydrogens (tertiary/aromatic N) is 2. The molecule has 1 aromatic heterocycles. The Balaban J connectivity index is 1.45. The van der Waals surface area contributed by atoms with E-state index in [0.29, 0.717) is 21.2 Å². The smallest absolute Gasteiger partial charge is 0.308 e. The van der Waals surface area contributed by atoms with Gasteiger partial charge in [0.05, 0.1) is 26.7 Å². The number of nitrogens with one attached hydrogen (secondary N) is 1. The lowest BCUT2D eigenvalue weighted by Crippen LogP contribution is -2.33. The SMILES string of the molecule is O=C(Cn1c2c(sc1=O)C(c1cccc(Cl)c1Cl)C1C(=O)N(c3ccc(F)cc3)C(=O)C1S2)Nc1ccccc1. The van der Waals surface area contributed by atoms with Crippen LogP contribution in [0.1, 0.15) is 16.4 Å². The molecule has 1 N–H and O–H groups in total. The molecule has 40 heavy (non-hydrogen) atoms. The van der Waals surface area contributed by atoms with Crippen molar-refractivity contribution < 1.29 is 18.8 Å². The van der Waals surface area contributed by atoms with Crippen LogP contribution in [0.5, 0.6) is 0 Å². The van der Waals surface area contributed by atoms with Crippen LogP contribution in [-0.4, -0.2) is 27.5 Å². The van der Waals surface area contributed by atoms with E-state index in [1.54, 1.807) is 42.5 Å². The molecule has 3 heterocycles. The lowest BCUT2D eigenvalue weighted by atomic mass is 9.83. The molecule has 3 amide bonds. The summed E-state index contributed by atoms with van der Waals surface area (Å²) in [7, 11) is 0. The molecule has 1 saturated heterocycles. The Labute approximate surface area is 245 Å². The molecule has 0 saturated carbocycles. The third-order valence-corrected chi connectivity index (χ3v) is 10.2. The maximum Gasteiger partial charge on any atom is 0.308 e. The van der Waals surface area contributed by atoms with E-state index in [1.807, 2.05) is 6.07 Å². The fraction of sp³-hybridized carbons (Fsp3) is 0.143. The molecule has 12 heteroatoms. The second-order valence-electron chi connectivity index (χ2n) is 9.21. The number of aromatic nitrogens is 1. The fourth-order valence-electron chi connectivity index (χ4n) is 5.06. The summed E-state index contributed by atoms with van der Waals surface area (Å²) in [5.41, 5.74) is 1.31. The van der Waals surface area contributed by atoms with Crippen LogP contribution < -0.4 is 15.1 Å². The van der Waals surface area contributed by atoms with Crippen molar-refractivity contribution in [2.45, 2.75) is 22.7 Å². The van der Waals surface area contributed by atoms with Crippen molar-refractivity contribution >= 4 is 75.4 Å². The van der Waals surface area contributed by atoms with Gasteiger partial charge in [0.15, 0.2) is 0 Å². The molecule has 3 unspecified atom stereocenters. The number of para-hydroxylation sites is 1. The van der Waals surface area contributed by atoms with Crippen LogP contribution in [0.25, 0.3) is 0 Å². The number of amides is 3. The molecular formula is C28H18Cl2FN3O4S2. The summed E-state index contributed by atoms with van der Waals surface area (Å²) >= 11 is 14.9. The summed E-state index contributed by atoms with van der Waals surface area (Å²) in [6.07, 6.45) is 0. The second kappa shape index (κ2) is 10.5. The number of thiazole rings is 1. The monoisotopic (exact) mass is 613 g/mol. The van der Waals surface area contributed by atoms with Crippen molar-refractivity contribution in [2.75, 3.05) is 10.2 Å². The third kappa shape index (κ3) is 4.54. The van der Waals surface area contributed by atoms with Gasteiger partial charge in [-0.3, -0.25) is 23.7 Å². The number of halogens is 3. The molecule has 4 aromatic rings. The van der Waals surface area contributed by atoms with Gasteiger partial charge in [0.2, 0.25) is 17.7 Å². The lowest BCUT2D eigenvalue weighted by molar-refractivity contribution is -0.122. The highest BCUT2D eigenvalue weighted by atomic mass is 35.5. The highest BCUT2D eigenvalue weighted by Gasteiger charge is 2.57. The van der Waals surface area contributed by atoms with Crippen molar-refractivity contribution in [3.63, 3.8) is 0 Å². The Morgan fingerprint density at radius 2 is 1.65 bits per heavy atom. The maximum absolute atomic E-state index is 13.9. The van der Waals surface area contributed by atoms with Crippen molar-refractivity contribution in [3.05, 3.63) is 109 Å². The van der Waals surface area contributed by atoms with Crippen LogP contribution >= 0.6 is 46.3 Å². The minimum absolute atomic E-state index is 0.209. The summed E-state index contributed by atoms with van der Waals surface area (Å²) in [6.45, 7) is -0.288. The second-order valence-corrected chi connectivity index (χ2v) is 12.1. The zero-order chi connectivity index (χ0) is 28.1. The van der Waals surface area contributed by atoms with Crippen molar-refractivity contribution in [3.8, 4) is 0 Å². The number of imide groups is 1. The Kier molecular flexibility index (Phi) is 7.03. The first-order valence-corrected chi connectivity index (χ1v) is 14.5. The molecule has 202 valence electrons. The van der Waals surface area contributed by atoms with Crippen molar-refractivity contribution in [1.82, 2.24) is 4.57 Å². The van der Waals surface area contributed by atoms with Gasteiger partial charge in [-0.05, 0) is 48.0 Å². The van der Waals surface area contributed by atoms with E-state index in [4.69, 9.17) is 23.2 Å². The molecule has 3 aromatic carbocycles. The predicted octanol–water partition coefficient (Wildman–Crippen LogP) is 5.79. The molecule has 2 aliphatic rings. The van der Waals surface area contributed by atoms with E-state index < -0.39 is 45.5 Å². The van der Waals surface area contributed by atoms with Gasteiger partial charge in [-0.1, -0.05) is 76.6 Å². The van der Waals surface area contributed by atoms with Crippen LogP contribution in [0, 0.1) is 11.7 Å². The number of benzene rings is 3. The Hall–Kier alpha value is -3.44. The Morgan fingerprint density at radius 1 is 0.925 bits per heavy atom. The van der Waals surface area contributed by atoms with Gasteiger partial charge in [-0.15, -0.1) is 0 Å². The number of anilines is 2. The van der Waals surface area contributed by atoms with E-state index >= 15 is 0 Å². The average Bonchev–Trinajstić information content (AvgIpc) is 3.38. The normalized spacial score (nSPS) is 19.9. The van der Waals surface area contributed by atoms with E-state index in [9.17, 15) is 23.6 Å². The summed E-state index contributed by atoms with van der Waals surface area (Å²) in [4.78, 5) is 54.9. The minimum atomic E-state index is -0.914. The fourth-order valence-corrected chi connectivity index (χ4v) is 8.25. The van der Waals surface area contributed by atoms with E-state index in [-0.39, 0.29) is 22.3 Å². The van der Waals surface area contributed by atoms with Crippen LogP contribution in [0.2, 0.25) is 10.0 Å². The van der Waals surface area contributed by atoms with Gasteiger partial charge >= 0.3 is 4.87 Å². The molecule has 7 nitrogen and oxygen atoms in total. The minimum Gasteiger partial charge on any atom is -0.325 e. The van der Waals surface area contributed by atoms with Gasteiger partial charge < -0.3 is 5.32 Å². The molecule has 2 aliphatic heterocycles. The summed E-state index contributed by atoms with van der Waals surface area (Å²) in [5, 5.41) is 2.74. The first kappa shape index (κ1) is 26.8. The lowest BCUT2D eigenvalue weighted by Gasteiger charge is -2.31. The Bertz CT molecular complexity index is 1730. The average molecular weight is 615 g/mol. The largest absolute Gasteiger partial charge is 0.325 e. The number of carbonyl (C=O) groups excluding carboxylic acids is 3. The Morgan fingerprint density at radius 3 is 2.38 bits per heavy atom. The van der Waals surface area contributed by atoms with Gasteiger partial charge in [0.1, 0.15) is 17.6 Å². The van der Waals surface area contributed by atoms with Gasteiger partial charge in [-0.2, -0.15) is 0 Å². The predicted molar refractivity (Wildman–Crippen MR) is 154 cm³/mol. The number of rotatable bonds is 5.